The molecule has 2 aromatic rings. The molecule has 0 saturated heterocycles. The van der Waals surface area contributed by atoms with Gasteiger partial charge in [-0.25, -0.2) is 4.98 Å². The van der Waals surface area contributed by atoms with E-state index in [2.05, 4.69) is 15.2 Å². The first-order valence-electron chi connectivity index (χ1n) is 3.02. The molecule has 0 fully saturated rings. The SMILES string of the molecule is Nc1cnc2n[nH]c(Cl)c2c1. The van der Waals surface area contributed by atoms with Gasteiger partial charge in [-0.15, -0.1) is 0 Å². The topological polar surface area (TPSA) is 67.6 Å². The van der Waals surface area contributed by atoms with Crippen molar-refractivity contribution >= 4 is 28.3 Å². The molecular formula is C6H5ClN4. The Balaban J connectivity index is 2.87. The Bertz CT molecular complexity index is 394. The highest BCUT2D eigenvalue weighted by atomic mass is 35.5. The van der Waals surface area contributed by atoms with Crippen LogP contribution in [0.15, 0.2) is 12.3 Å². The van der Waals surface area contributed by atoms with Crippen molar-refractivity contribution in [2.45, 2.75) is 0 Å². The van der Waals surface area contributed by atoms with Gasteiger partial charge in [-0.2, -0.15) is 5.10 Å². The maximum Gasteiger partial charge on any atom is 0.182 e. The summed E-state index contributed by atoms with van der Waals surface area (Å²) in [6, 6.07) is 1.73. The molecule has 11 heavy (non-hydrogen) atoms. The number of aromatic amines is 1. The van der Waals surface area contributed by atoms with Crippen LogP contribution in [0.1, 0.15) is 0 Å². The predicted molar refractivity (Wildman–Crippen MR) is 43.3 cm³/mol. The molecule has 2 aromatic heterocycles. The summed E-state index contributed by atoms with van der Waals surface area (Å²) in [5.74, 6) is 0. The normalized spacial score (nSPS) is 10.6. The molecule has 56 valence electrons. The standard InChI is InChI=1S/C6H5ClN4/c7-5-4-1-3(8)2-9-6(4)11-10-5/h1-2H,8H2,(H,9,10,11). The van der Waals surface area contributed by atoms with Crippen LogP contribution in [0.25, 0.3) is 11.0 Å². The Hall–Kier alpha value is -1.29. The number of rotatable bonds is 0. The van der Waals surface area contributed by atoms with Crippen LogP contribution in [0.3, 0.4) is 0 Å². The highest BCUT2D eigenvalue weighted by molar-refractivity contribution is 6.34. The van der Waals surface area contributed by atoms with Crippen molar-refractivity contribution in [3.05, 3.63) is 17.4 Å². The smallest absolute Gasteiger partial charge is 0.182 e. The van der Waals surface area contributed by atoms with Crippen molar-refractivity contribution in [2.75, 3.05) is 5.73 Å². The van der Waals surface area contributed by atoms with Crippen molar-refractivity contribution in [1.29, 1.82) is 0 Å². The number of fused-ring (bicyclic) bond motifs is 1. The molecule has 2 heterocycles. The molecule has 0 aromatic carbocycles. The number of nitrogens with two attached hydrogens (primary N) is 1. The van der Waals surface area contributed by atoms with Gasteiger partial charge in [0, 0.05) is 0 Å². The molecule has 5 heteroatoms. The van der Waals surface area contributed by atoms with Crippen LogP contribution in [-0.2, 0) is 0 Å². The summed E-state index contributed by atoms with van der Waals surface area (Å²) in [6.45, 7) is 0. The van der Waals surface area contributed by atoms with Crippen LogP contribution in [-0.4, -0.2) is 15.2 Å². The average molecular weight is 169 g/mol. The highest BCUT2D eigenvalue weighted by Gasteiger charge is 2.02. The van der Waals surface area contributed by atoms with E-state index < -0.39 is 0 Å². The van der Waals surface area contributed by atoms with E-state index in [1.807, 2.05) is 0 Å². The first-order valence-corrected chi connectivity index (χ1v) is 3.40. The van der Waals surface area contributed by atoms with E-state index >= 15 is 0 Å². The first kappa shape index (κ1) is 6.42. The van der Waals surface area contributed by atoms with Gasteiger partial charge in [0.2, 0.25) is 0 Å². The molecule has 0 bridgehead atoms. The lowest BCUT2D eigenvalue weighted by atomic mass is 10.3. The lowest BCUT2D eigenvalue weighted by molar-refractivity contribution is 1.10. The predicted octanol–water partition coefficient (Wildman–Crippen LogP) is 1.19. The molecule has 0 amide bonds. The summed E-state index contributed by atoms with van der Waals surface area (Å²) >= 11 is 5.73. The Morgan fingerprint density at radius 2 is 2.36 bits per heavy atom. The minimum absolute atomic E-state index is 0.472. The monoisotopic (exact) mass is 168 g/mol. The summed E-state index contributed by atoms with van der Waals surface area (Å²) in [7, 11) is 0. The molecule has 0 aliphatic rings. The molecule has 0 unspecified atom stereocenters. The number of H-pyrrole nitrogens is 1. The zero-order valence-corrected chi connectivity index (χ0v) is 6.26. The van der Waals surface area contributed by atoms with E-state index in [0.29, 0.717) is 16.5 Å². The summed E-state index contributed by atoms with van der Waals surface area (Å²) in [6.07, 6.45) is 1.54. The van der Waals surface area contributed by atoms with Crippen molar-refractivity contribution in [3.63, 3.8) is 0 Å². The third-order valence-corrected chi connectivity index (χ3v) is 1.67. The van der Waals surface area contributed by atoms with E-state index in [4.69, 9.17) is 17.3 Å². The Kier molecular flexibility index (Phi) is 1.22. The summed E-state index contributed by atoms with van der Waals surface area (Å²) in [5, 5.41) is 7.67. The van der Waals surface area contributed by atoms with Crippen molar-refractivity contribution in [1.82, 2.24) is 15.2 Å². The number of pyridine rings is 1. The van der Waals surface area contributed by atoms with Crippen LogP contribution >= 0.6 is 11.6 Å². The van der Waals surface area contributed by atoms with Crippen LogP contribution in [0.4, 0.5) is 5.69 Å². The molecule has 0 radical (unpaired) electrons. The molecule has 0 spiro atoms. The number of nitrogens with zero attached hydrogens (tertiary/aromatic N) is 2. The van der Waals surface area contributed by atoms with Crippen molar-refractivity contribution < 1.29 is 0 Å². The molecule has 3 N–H and O–H groups in total. The van der Waals surface area contributed by atoms with Gasteiger partial charge in [0.05, 0.1) is 17.3 Å². The zero-order valence-electron chi connectivity index (χ0n) is 5.50. The molecule has 0 aliphatic heterocycles. The lowest BCUT2D eigenvalue weighted by Gasteiger charge is -1.89. The van der Waals surface area contributed by atoms with E-state index in [1.54, 1.807) is 12.3 Å². The van der Waals surface area contributed by atoms with Gasteiger partial charge in [-0.05, 0) is 6.07 Å². The van der Waals surface area contributed by atoms with Crippen LogP contribution in [0.5, 0.6) is 0 Å². The Labute approximate surface area is 67.4 Å². The third-order valence-electron chi connectivity index (χ3n) is 1.38. The maximum absolute atomic E-state index is 5.73. The number of hydrogen-bond donors (Lipinski definition) is 2. The molecule has 0 atom stereocenters. The summed E-state index contributed by atoms with van der Waals surface area (Å²) < 4.78 is 0. The molecule has 0 saturated carbocycles. The quantitative estimate of drug-likeness (QED) is 0.621. The lowest BCUT2D eigenvalue weighted by Crippen LogP contribution is -1.85. The van der Waals surface area contributed by atoms with Gasteiger partial charge < -0.3 is 5.73 Å². The molecule has 0 aliphatic carbocycles. The highest BCUT2D eigenvalue weighted by Crippen LogP contribution is 2.19. The number of aromatic nitrogens is 3. The van der Waals surface area contributed by atoms with E-state index in [-0.39, 0.29) is 0 Å². The maximum atomic E-state index is 5.73. The van der Waals surface area contributed by atoms with Gasteiger partial charge >= 0.3 is 0 Å². The van der Waals surface area contributed by atoms with Crippen LogP contribution in [0.2, 0.25) is 5.15 Å². The fourth-order valence-corrected chi connectivity index (χ4v) is 1.07. The number of halogens is 1. The number of hydrogen-bond acceptors (Lipinski definition) is 3. The minimum atomic E-state index is 0.472. The number of nitrogens with one attached hydrogen (secondary N) is 1. The number of nitrogen functional groups attached to an aromatic ring is 1. The fraction of sp³-hybridized carbons (Fsp3) is 0. The van der Waals surface area contributed by atoms with E-state index in [9.17, 15) is 0 Å². The summed E-state index contributed by atoms with van der Waals surface area (Å²) in [5.41, 5.74) is 6.66. The second kappa shape index (κ2) is 2.10. The molecule has 4 nitrogen and oxygen atoms in total. The fourth-order valence-electron chi connectivity index (χ4n) is 0.887. The Morgan fingerprint density at radius 1 is 1.55 bits per heavy atom. The largest absolute Gasteiger partial charge is 0.397 e. The zero-order chi connectivity index (χ0) is 7.84. The minimum Gasteiger partial charge on any atom is -0.397 e. The van der Waals surface area contributed by atoms with E-state index in [0.717, 1.165) is 5.39 Å². The van der Waals surface area contributed by atoms with Gasteiger partial charge in [0.1, 0.15) is 5.15 Å². The molecule has 2 rings (SSSR count). The summed E-state index contributed by atoms with van der Waals surface area (Å²) in [4.78, 5) is 3.95. The number of anilines is 1. The third kappa shape index (κ3) is 0.914. The van der Waals surface area contributed by atoms with Crippen LogP contribution in [0, 0.1) is 0 Å². The van der Waals surface area contributed by atoms with Gasteiger partial charge in [-0.3, -0.25) is 5.10 Å². The molecular weight excluding hydrogens is 164 g/mol. The van der Waals surface area contributed by atoms with E-state index in [1.165, 1.54) is 0 Å². The van der Waals surface area contributed by atoms with Crippen molar-refractivity contribution in [3.8, 4) is 0 Å². The van der Waals surface area contributed by atoms with Gasteiger partial charge in [-0.1, -0.05) is 11.6 Å². The van der Waals surface area contributed by atoms with Crippen molar-refractivity contribution in [2.24, 2.45) is 0 Å². The van der Waals surface area contributed by atoms with Gasteiger partial charge in [0.25, 0.3) is 0 Å². The second-order valence-electron chi connectivity index (χ2n) is 2.18. The van der Waals surface area contributed by atoms with Gasteiger partial charge in [0.15, 0.2) is 5.65 Å². The first-order chi connectivity index (χ1) is 5.27. The van der Waals surface area contributed by atoms with Crippen LogP contribution < -0.4 is 5.73 Å². The average Bonchev–Trinajstić information content (AvgIpc) is 2.33. The Morgan fingerprint density at radius 3 is 3.18 bits per heavy atom. The second-order valence-corrected chi connectivity index (χ2v) is 2.56.